The van der Waals surface area contributed by atoms with E-state index in [2.05, 4.69) is 0 Å². The van der Waals surface area contributed by atoms with Crippen molar-refractivity contribution in [3.63, 3.8) is 0 Å². The third-order valence-corrected chi connectivity index (χ3v) is 3.90. The van der Waals surface area contributed by atoms with Gasteiger partial charge in [-0.1, -0.05) is 25.0 Å². The summed E-state index contributed by atoms with van der Waals surface area (Å²) in [6.45, 7) is 0.611. The lowest BCUT2D eigenvalue weighted by atomic mass is 9.75. The van der Waals surface area contributed by atoms with E-state index in [-0.39, 0.29) is 11.7 Å². The van der Waals surface area contributed by atoms with Crippen molar-refractivity contribution >= 4 is 5.78 Å². The maximum atomic E-state index is 12.5. The Morgan fingerprint density at radius 2 is 2.17 bits per heavy atom. The molecule has 2 N–H and O–H groups in total. The highest BCUT2D eigenvalue weighted by molar-refractivity contribution is 5.98. The number of carbonyl (C=O) groups is 1. The smallest absolute Gasteiger partial charge is 0.166 e. The van der Waals surface area contributed by atoms with E-state index in [0.29, 0.717) is 12.5 Å². The Kier molecular flexibility index (Phi) is 4.37. The molecular weight excluding hydrogens is 226 g/mol. The summed E-state index contributed by atoms with van der Waals surface area (Å²) < 4.78 is 5.17. The van der Waals surface area contributed by atoms with E-state index in [4.69, 9.17) is 10.5 Å². The highest BCUT2D eigenvalue weighted by atomic mass is 16.5. The van der Waals surface area contributed by atoms with Gasteiger partial charge in [-0.2, -0.15) is 0 Å². The van der Waals surface area contributed by atoms with Crippen molar-refractivity contribution in [2.24, 2.45) is 17.6 Å². The first-order chi connectivity index (χ1) is 8.76. The molecule has 18 heavy (non-hydrogen) atoms. The molecule has 0 radical (unpaired) electrons. The number of carbonyl (C=O) groups excluding carboxylic acids is 1. The molecular formula is C15H21NO2. The second-order valence-electron chi connectivity index (χ2n) is 4.98. The standard InChI is InChI=1S/C15H21NO2/c1-18-13-7-4-6-11(9-13)15(17)14-8-3-2-5-12(14)10-16/h4,6-7,9,12,14H,2-3,5,8,10,16H2,1H3. The molecule has 3 heteroatoms. The molecule has 2 rings (SSSR count). The van der Waals surface area contributed by atoms with Crippen molar-refractivity contribution in [1.82, 2.24) is 0 Å². The van der Waals surface area contributed by atoms with Gasteiger partial charge in [0, 0.05) is 11.5 Å². The first-order valence-corrected chi connectivity index (χ1v) is 6.64. The number of ether oxygens (including phenoxy) is 1. The Morgan fingerprint density at radius 3 is 2.89 bits per heavy atom. The second-order valence-corrected chi connectivity index (χ2v) is 4.98. The van der Waals surface area contributed by atoms with Crippen LogP contribution in [-0.4, -0.2) is 19.4 Å². The molecule has 1 aliphatic carbocycles. The van der Waals surface area contributed by atoms with Crippen LogP contribution in [-0.2, 0) is 0 Å². The number of rotatable bonds is 4. The Bertz CT molecular complexity index is 417. The van der Waals surface area contributed by atoms with Crippen LogP contribution in [0.25, 0.3) is 0 Å². The summed E-state index contributed by atoms with van der Waals surface area (Å²) in [5.41, 5.74) is 6.54. The molecule has 2 atom stereocenters. The summed E-state index contributed by atoms with van der Waals surface area (Å²) >= 11 is 0. The summed E-state index contributed by atoms with van der Waals surface area (Å²) in [4.78, 5) is 12.5. The number of ketones is 1. The van der Waals surface area contributed by atoms with Crippen LogP contribution in [0.2, 0.25) is 0 Å². The first-order valence-electron chi connectivity index (χ1n) is 6.64. The van der Waals surface area contributed by atoms with Gasteiger partial charge in [-0.3, -0.25) is 4.79 Å². The molecule has 0 aliphatic heterocycles. The molecule has 1 fully saturated rings. The minimum absolute atomic E-state index is 0.0934. The SMILES string of the molecule is COc1cccc(C(=O)C2CCCCC2CN)c1. The third-order valence-electron chi connectivity index (χ3n) is 3.90. The second kappa shape index (κ2) is 6.01. The van der Waals surface area contributed by atoms with Gasteiger partial charge >= 0.3 is 0 Å². The quantitative estimate of drug-likeness (QED) is 0.832. The topological polar surface area (TPSA) is 52.3 Å². The predicted octanol–water partition coefficient (Wildman–Crippen LogP) is 2.64. The fourth-order valence-corrected chi connectivity index (χ4v) is 2.83. The minimum Gasteiger partial charge on any atom is -0.497 e. The van der Waals surface area contributed by atoms with Crippen LogP contribution in [0.1, 0.15) is 36.0 Å². The fourth-order valence-electron chi connectivity index (χ4n) is 2.83. The average Bonchev–Trinajstić information content (AvgIpc) is 2.46. The van der Waals surface area contributed by atoms with Crippen LogP contribution in [0.5, 0.6) is 5.75 Å². The third kappa shape index (κ3) is 2.72. The van der Waals surface area contributed by atoms with Gasteiger partial charge in [0.2, 0.25) is 0 Å². The van der Waals surface area contributed by atoms with Crippen LogP contribution in [0, 0.1) is 11.8 Å². The zero-order valence-corrected chi connectivity index (χ0v) is 10.9. The van der Waals surface area contributed by atoms with Gasteiger partial charge in [0.15, 0.2) is 5.78 Å². The number of nitrogens with two attached hydrogens (primary N) is 1. The van der Waals surface area contributed by atoms with Gasteiger partial charge in [0.25, 0.3) is 0 Å². The van der Waals surface area contributed by atoms with Crippen molar-refractivity contribution in [2.75, 3.05) is 13.7 Å². The Morgan fingerprint density at radius 1 is 1.39 bits per heavy atom. The number of Topliss-reactive ketones (excluding diaryl/α,β-unsaturated/α-hetero) is 1. The average molecular weight is 247 g/mol. The van der Waals surface area contributed by atoms with E-state index in [9.17, 15) is 4.79 Å². The number of hydrogen-bond donors (Lipinski definition) is 1. The Hall–Kier alpha value is -1.35. The lowest BCUT2D eigenvalue weighted by Gasteiger charge is -2.29. The number of methoxy groups -OCH3 is 1. The lowest BCUT2D eigenvalue weighted by Crippen LogP contribution is -2.32. The van der Waals surface area contributed by atoms with Gasteiger partial charge in [-0.25, -0.2) is 0 Å². The highest BCUT2D eigenvalue weighted by Gasteiger charge is 2.30. The fraction of sp³-hybridized carbons (Fsp3) is 0.533. The van der Waals surface area contributed by atoms with E-state index in [1.54, 1.807) is 7.11 Å². The van der Waals surface area contributed by atoms with Crippen molar-refractivity contribution in [2.45, 2.75) is 25.7 Å². The summed E-state index contributed by atoms with van der Waals surface area (Å²) in [7, 11) is 1.62. The monoisotopic (exact) mass is 247 g/mol. The maximum Gasteiger partial charge on any atom is 0.166 e. The maximum absolute atomic E-state index is 12.5. The number of benzene rings is 1. The molecule has 0 aromatic heterocycles. The Balaban J connectivity index is 2.18. The van der Waals surface area contributed by atoms with E-state index >= 15 is 0 Å². The van der Waals surface area contributed by atoms with E-state index < -0.39 is 0 Å². The predicted molar refractivity (Wildman–Crippen MR) is 71.8 cm³/mol. The normalized spacial score (nSPS) is 23.7. The van der Waals surface area contributed by atoms with Crippen molar-refractivity contribution in [3.05, 3.63) is 29.8 Å². The molecule has 2 unspecified atom stereocenters. The Labute approximate surface area is 108 Å². The van der Waals surface area contributed by atoms with Crippen LogP contribution in [0.3, 0.4) is 0 Å². The lowest BCUT2D eigenvalue weighted by molar-refractivity contribution is 0.0829. The molecule has 0 saturated heterocycles. The van der Waals surface area contributed by atoms with Gasteiger partial charge in [-0.05, 0) is 37.4 Å². The highest BCUT2D eigenvalue weighted by Crippen LogP contribution is 2.32. The molecule has 0 bridgehead atoms. The van der Waals surface area contributed by atoms with Gasteiger partial charge in [0.1, 0.15) is 5.75 Å². The summed E-state index contributed by atoms with van der Waals surface area (Å²) in [5.74, 6) is 1.40. The molecule has 1 aromatic carbocycles. The molecule has 0 spiro atoms. The van der Waals surface area contributed by atoms with Crippen molar-refractivity contribution in [1.29, 1.82) is 0 Å². The van der Waals surface area contributed by atoms with Gasteiger partial charge in [-0.15, -0.1) is 0 Å². The molecule has 0 heterocycles. The van der Waals surface area contributed by atoms with Crippen molar-refractivity contribution in [3.8, 4) is 5.75 Å². The van der Waals surface area contributed by atoms with E-state index in [0.717, 1.165) is 30.6 Å². The van der Waals surface area contributed by atoms with Crippen molar-refractivity contribution < 1.29 is 9.53 Å². The zero-order valence-electron chi connectivity index (χ0n) is 10.9. The van der Waals surface area contributed by atoms with E-state index in [1.165, 1.54) is 6.42 Å². The largest absolute Gasteiger partial charge is 0.497 e. The van der Waals surface area contributed by atoms with Gasteiger partial charge < -0.3 is 10.5 Å². The summed E-state index contributed by atoms with van der Waals surface area (Å²) in [6.07, 6.45) is 4.38. The molecule has 1 aliphatic rings. The molecule has 98 valence electrons. The summed E-state index contributed by atoms with van der Waals surface area (Å²) in [5, 5.41) is 0. The van der Waals surface area contributed by atoms with Crippen LogP contribution < -0.4 is 10.5 Å². The minimum atomic E-state index is 0.0934. The molecule has 0 amide bonds. The molecule has 3 nitrogen and oxygen atoms in total. The van der Waals surface area contributed by atoms with E-state index in [1.807, 2.05) is 24.3 Å². The molecule has 1 aromatic rings. The van der Waals surface area contributed by atoms with Crippen LogP contribution in [0.4, 0.5) is 0 Å². The first kappa shape index (κ1) is 13.1. The van der Waals surface area contributed by atoms with Gasteiger partial charge in [0.05, 0.1) is 7.11 Å². The van der Waals surface area contributed by atoms with Crippen LogP contribution in [0.15, 0.2) is 24.3 Å². The molecule has 1 saturated carbocycles. The summed E-state index contributed by atoms with van der Waals surface area (Å²) in [6, 6.07) is 7.42. The van der Waals surface area contributed by atoms with Crippen LogP contribution >= 0.6 is 0 Å². The zero-order chi connectivity index (χ0) is 13.0. The number of hydrogen-bond acceptors (Lipinski definition) is 3.